The number of phenolic OH excluding ortho intramolecular Hbond substituents is 1. The van der Waals surface area contributed by atoms with Gasteiger partial charge in [0.1, 0.15) is 35.6 Å². The molecular weight excluding hydrogens is 700 g/mol. The number of aromatic hydroxyl groups is 1. The number of rotatable bonds is 6. The zero-order chi connectivity index (χ0) is 36.8. The largest absolute Gasteiger partial charge is 0.509 e. The van der Waals surface area contributed by atoms with Gasteiger partial charge in [-0.2, -0.15) is 0 Å². The van der Waals surface area contributed by atoms with Gasteiger partial charge in [-0.05, 0) is 51.7 Å². The summed E-state index contributed by atoms with van der Waals surface area (Å²) in [6.45, 7) is 6.02. The molecule has 2 bridgehead atoms. The summed E-state index contributed by atoms with van der Waals surface area (Å²) in [5.74, 6) is -5.17. The highest BCUT2D eigenvalue weighted by Crippen LogP contribution is 2.72. The second kappa shape index (κ2) is 11.1. The van der Waals surface area contributed by atoms with Crippen LogP contribution in [0.4, 0.5) is 4.79 Å². The topological polar surface area (TPSA) is 196 Å². The fourth-order valence-corrected chi connectivity index (χ4v) is 10.4. The molecule has 16 nitrogen and oxygen atoms in total. The van der Waals surface area contributed by atoms with Crippen LogP contribution in [0.25, 0.3) is 10.8 Å². The van der Waals surface area contributed by atoms with Crippen molar-refractivity contribution in [2.45, 2.75) is 119 Å². The Balaban J connectivity index is 1.15. The molecule has 0 amide bonds. The van der Waals surface area contributed by atoms with E-state index in [0.717, 1.165) is 5.56 Å². The molecule has 2 aromatic rings. The molecule has 53 heavy (non-hydrogen) atoms. The molecule has 2 spiro atoms. The molecule has 4 unspecified atom stereocenters. The summed E-state index contributed by atoms with van der Waals surface area (Å²) in [7, 11) is 1.53. The SMILES string of the molecule is COc1c2c(c(O)c3c4c(c(C)cc13)C1O[C@@]3(C5OCCCO5)OC1C(OC1C[C@@H](CC(=O)O)[C@]5(OC(=O)O[C@@H]5C)[C@@H](C)O1)(O4)[C@@]31CO1)C(=O)CCC2. The molecule has 2 aromatic carbocycles. The van der Waals surface area contributed by atoms with Gasteiger partial charge in [0.05, 0.1) is 44.3 Å². The first-order valence-electron chi connectivity index (χ1n) is 18.2. The molecule has 2 N–H and O–H groups in total. The van der Waals surface area contributed by atoms with Gasteiger partial charge in [0.25, 0.3) is 11.6 Å². The van der Waals surface area contributed by atoms with Gasteiger partial charge in [0.2, 0.25) is 11.9 Å². The molecule has 0 saturated carbocycles. The summed E-state index contributed by atoms with van der Waals surface area (Å²) < 4.78 is 69.9. The maximum atomic E-state index is 13.4. The van der Waals surface area contributed by atoms with Gasteiger partial charge in [-0.25, -0.2) is 4.79 Å². The highest BCUT2D eigenvalue weighted by molar-refractivity contribution is 6.11. The highest BCUT2D eigenvalue weighted by Gasteiger charge is 2.94. The average molecular weight is 741 g/mol. The van der Waals surface area contributed by atoms with E-state index >= 15 is 0 Å². The number of carbonyl (C=O) groups excluding carboxylic acids is 2. The summed E-state index contributed by atoms with van der Waals surface area (Å²) in [6.07, 6.45) is -4.92. The molecule has 7 heterocycles. The molecule has 1 aliphatic carbocycles. The van der Waals surface area contributed by atoms with Crippen molar-refractivity contribution in [2.24, 2.45) is 5.92 Å². The standard InChI is InChI=1S/C37H40O16/c1-15-11-20-26(27(41)25-19(28(20)43-4)7-5-8-21(25)38)29-24(15)30-31-36(50-29,34(14-46-34)37(51-30,52-31)32-44-9-6-10-45-32)49-23-13-18(12-22(39)40)35(16(2)47-23)17(3)48-33(42)53-35/h11,16-18,23,30-32,41H,5-10,12-14H2,1-4H3,(H,39,40)/t16-,17-,18-,23?,30?,31?,34+,35+,36?,37+/m1/s1. The van der Waals surface area contributed by atoms with Gasteiger partial charge in [-0.15, -0.1) is 0 Å². The number of hydrogen-bond acceptors (Lipinski definition) is 15. The maximum absolute atomic E-state index is 13.4. The normalized spacial score (nSPS) is 40.9. The van der Waals surface area contributed by atoms with Crippen molar-refractivity contribution < 1.29 is 76.7 Å². The minimum Gasteiger partial charge on any atom is -0.506 e. The van der Waals surface area contributed by atoms with Gasteiger partial charge in [0, 0.05) is 35.3 Å². The number of carboxylic acids is 1. The van der Waals surface area contributed by atoms with Crippen LogP contribution in [0.5, 0.6) is 17.2 Å². The second-order valence-electron chi connectivity index (χ2n) is 15.2. The van der Waals surface area contributed by atoms with E-state index in [1.165, 1.54) is 7.11 Å². The van der Waals surface area contributed by atoms with Crippen LogP contribution in [0.15, 0.2) is 6.07 Å². The Morgan fingerprint density at radius 1 is 1.06 bits per heavy atom. The lowest BCUT2D eigenvalue weighted by atomic mass is 9.73. The van der Waals surface area contributed by atoms with Gasteiger partial charge in [-0.3, -0.25) is 9.59 Å². The summed E-state index contributed by atoms with van der Waals surface area (Å²) in [6, 6.07) is 1.89. The number of benzene rings is 2. The molecule has 6 fully saturated rings. The fourth-order valence-electron chi connectivity index (χ4n) is 10.4. The van der Waals surface area contributed by atoms with Gasteiger partial charge in [-0.1, -0.05) is 0 Å². The second-order valence-corrected chi connectivity index (χ2v) is 15.2. The molecule has 7 aliphatic heterocycles. The van der Waals surface area contributed by atoms with Crippen LogP contribution in [0.3, 0.4) is 0 Å². The predicted octanol–water partition coefficient (Wildman–Crippen LogP) is 3.71. The Hall–Kier alpha value is -3.77. The van der Waals surface area contributed by atoms with Crippen molar-refractivity contribution in [1.29, 1.82) is 0 Å². The average Bonchev–Trinajstić information content (AvgIpc) is 3.67. The number of hydrogen-bond donors (Lipinski definition) is 2. The summed E-state index contributed by atoms with van der Waals surface area (Å²) in [5, 5.41) is 22.8. The molecule has 0 aromatic heterocycles. The number of epoxide rings is 1. The molecule has 0 radical (unpaired) electrons. The van der Waals surface area contributed by atoms with Crippen LogP contribution in [0.2, 0.25) is 0 Å². The van der Waals surface area contributed by atoms with E-state index in [-0.39, 0.29) is 54.1 Å². The number of Topliss-reactive ketones (excluding diaryl/α,β-unsaturated/α-hetero) is 1. The van der Waals surface area contributed by atoms with Crippen molar-refractivity contribution in [2.75, 3.05) is 26.9 Å². The van der Waals surface area contributed by atoms with Crippen LogP contribution in [-0.2, 0) is 53.8 Å². The lowest BCUT2D eigenvalue weighted by molar-refractivity contribution is -0.391. The molecule has 10 atom stereocenters. The molecule has 16 heteroatoms. The van der Waals surface area contributed by atoms with Crippen molar-refractivity contribution in [3.05, 3.63) is 28.3 Å². The van der Waals surface area contributed by atoms with E-state index in [0.29, 0.717) is 54.7 Å². The molecule has 284 valence electrons. The van der Waals surface area contributed by atoms with Crippen LogP contribution < -0.4 is 9.47 Å². The minimum absolute atomic E-state index is 0.0367. The summed E-state index contributed by atoms with van der Waals surface area (Å²) in [5.41, 5.74) is -0.742. The van der Waals surface area contributed by atoms with E-state index in [9.17, 15) is 24.6 Å². The lowest BCUT2D eigenvalue weighted by Gasteiger charge is -2.53. The first kappa shape index (κ1) is 33.8. The first-order chi connectivity index (χ1) is 25.4. The van der Waals surface area contributed by atoms with Gasteiger partial charge in [0.15, 0.2) is 23.8 Å². The van der Waals surface area contributed by atoms with E-state index in [1.807, 2.05) is 13.0 Å². The number of carbonyl (C=O) groups is 3. The Labute approximate surface area is 302 Å². The zero-order valence-electron chi connectivity index (χ0n) is 29.6. The number of aryl methyl sites for hydroxylation is 1. The van der Waals surface area contributed by atoms with Crippen molar-refractivity contribution in [1.82, 2.24) is 0 Å². The van der Waals surface area contributed by atoms with Crippen molar-refractivity contribution in [3.63, 3.8) is 0 Å². The van der Waals surface area contributed by atoms with Crippen LogP contribution in [0.1, 0.15) is 79.1 Å². The van der Waals surface area contributed by atoms with Crippen molar-refractivity contribution in [3.8, 4) is 17.2 Å². The third kappa shape index (κ3) is 4.12. The smallest absolute Gasteiger partial charge is 0.506 e. The molecule has 6 saturated heterocycles. The number of fused-ring (bicyclic) bond motifs is 8. The van der Waals surface area contributed by atoms with E-state index < -0.39 is 77.8 Å². The summed E-state index contributed by atoms with van der Waals surface area (Å²) in [4.78, 5) is 38.0. The third-order valence-electron chi connectivity index (χ3n) is 12.6. The third-order valence-corrected chi connectivity index (χ3v) is 12.6. The van der Waals surface area contributed by atoms with E-state index in [4.69, 9.17) is 52.1 Å². The Morgan fingerprint density at radius 3 is 2.51 bits per heavy atom. The Morgan fingerprint density at radius 2 is 1.83 bits per heavy atom. The molecular formula is C37H40O16. The van der Waals surface area contributed by atoms with Crippen molar-refractivity contribution >= 4 is 28.7 Å². The van der Waals surface area contributed by atoms with Gasteiger partial charge >= 0.3 is 12.1 Å². The zero-order valence-corrected chi connectivity index (χ0v) is 29.6. The minimum atomic E-state index is -1.84. The number of ether oxygens (including phenoxy) is 11. The van der Waals surface area contributed by atoms with E-state index in [1.54, 1.807) is 13.8 Å². The molecule has 8 aliphatic rings. The number of methoxy groups -OCH3 is 1. The highest BCUT2D eigenvalue weighted by atomic mass is 16.9. The Bertz CT molecular complexity index is 1970. The number of aliphatic carboxylic acids is 1. The van der Waals surface area contributed by atoms with Crippen LogP contribution in [0, 0.1) is 12.8 Å². The van der Waals surface area contributed by atoms with Crippen LogP contribution in [-0.4, -0.2) is 109 Å². The van der Waals surface area contributed by atoms with E-state index in [2.05, 4.69) is 0 Å². The first-order valence-corrected chi connectivity index (χ1v) is 18.2. The van der Waals surface area contributed by atoms with Crippen LogP contribution >= 0.6 is 0 Å². The quantitative estimate of drug-likeness (QED) is 0.321. The number of ketones is 1. The Kier molecular flexibility index (Phi) is 7.10. The number of phenols is 1. The van der Waals surface area contributed by atoms with Gasteiger partial charge < -0.3 is 62.3 Å². The lowest BCUT2D eigenvalue weighted by Crippen LogP contribution is -2.72. The maximum Gasteiger partial charge on any atom is 0.509 e. The fraction of sp³-hybridized carbons (Fsp3) is 0.649. The summed E-state index contributed by atoms with van der Waals surface area (Å²) >= 11 is 0. The molecule has 10 rings (SSSR count). The predicted molar refractivity (Wildman–Crippen MR) is 173 cm³/mol. The number of carboxylic acid groups (broad SMARTS) is 1. The number of cyclic esters (lactones) is 1. The monoisotopic (exact) mass is 740 g/mol.